The van der Waals surface area contributed by atoms with Gasteiger partial charge in [0.2, 0.25) is 10.0 Å². The molecule has 1 aliphatic heterocycles. The molecule has 6 nitrogen and oxygen atoms in total. The number of ether oxygens (including phenoxy) is 1. The molecule has 1 heterocycles. The molecule has 0 spiro atoms. The fraction of sp³-hybridized carbons (Fsp3) is 0.316. The summed E-state index contributed by atoms with van der Waals surface area (Å²) in [5.74, 6) is 0.277. The summed E-state index contributed by atoms with van der Waals surface area (Å²) in [7, 11) is -1.83. The molecule has 144 valence electrons. The van der Waals surface area contributed by atoms with E-state index >= 15 is 0 Å². The number of fused-ring (bicyclic) bond motifs is 1. The maximum absolute atomic E-state index is 12.6. The number of halogens is 1. The predicted octanol–water partition coefficient (Wildman–Crippen LogP) is 3.70. The van der Waals surface area contributed by atoms with Gasteiger partial charge in [0.15, 0.2) is 0 Å². The van der Waals surface area contributed by atoms with E-state index in [1.807, 2.05) is 6.92 Å². The predicted molar refractivity (Wildman–Crippen MR) is 108 cm³/mol. The Morgan fingerprint density at radius 2 is 2.04 bits per heavy atom. The lowest BCUT2D eigenvalue weighted by Gasteiger charge is -2.23. The number of hydrogen-bond donors (Lipinski definition) is 1. The first kappa shape index (κ1) is 19.5. The lowest BCUT2D eigenvalue weighted by Crippen LogP contribution is -2.36. The zero-order chi connectivity index (χ0) is 19.8. The minimum Gasteiger partial charge on any atom is -0.495 e. The van der Waals surface area contributed by atoms with Crippen molar-refractivity contribution in [2.75, 3.05) is 22.5 Å². The number of methoxy groups -OCH3 is 1. The van der Waals surface area contributed by atoms with E-state index in [9.17, 15) is 13.2 Å². The van der Waals surface area contributed by atoms with Crippen LogP contribution in [0.5, 0.6) is 5.75 Å². The van der Waals surface area contributed by atoms with E-state index in [2.05, 4.69) is 5.32 Å². The van der Waals surface area contributed by atoms with Crippen molar-refractivity contribution in [1.29, 1.82) is 0 Å². The van der Waals surface area contributed by atoms with Crippen LogP contribution in [0.15, 0.2) is 36.4 Å². The fourth-order valence-electron chi connectivity index (χ4n) is 3.25. The van der Waals surface area contributed by atoms with Crippen LogP contribution in [0.4, 0.5) is 11.4 Å². The first-order valence-electron chi connectivity index (χ1n) is 8.56. The molecule has 2 aromatic carbocycles. The molecule has 1 amide bonds. The maximum Gasteiger partial charge on any atom is 0.255 e. The standard InChI is InChI=1S/C19H21ClN2O4S/c1-4-27(24,25)22-12(2)9-14-10-13(5-7-17(14)22)19(23)21-15-6-8-18(26-3)16(20)11-15/h5-8,10-12H,4,9H2,1-3H3,(H,21,23)/t12-/m0/s1. The van der Waals surface area contributed by atoms with Gasteiger partial charge in [-0.2, -0.15) is 0 Å². The average molecular weight is 409 g/mol. The normalized spacial score (nSPS) is 16.1. The number of rotatable bonds is 5. The van der Waals surface area contributed by atoms with Crippen LogP contribution in [0.3, 0.4) is 0 Å². The molecule has 0 radical (unpaired) electrons. The Morgan fingerprint density at radius 3 is 2.67 bits per heavy atom. The summed E-state index contributed by atoms with van der Waals surface area (Å²) in [5.41, 5.74) is 2.51. The van der Waals surface area contributed by atoms with Crippen LogP contribution in [-0.4, -0.2) is 33.2 Å². The average Bonchev–Trinajstić information content (AvgIpc) is 2.97. The monoisotopic (exact) mass is 408 g/mol. The van der Waals surface area contributed by atoms with Crippen LogP contribution in [-0.2, 0) is 16.4 Å². The molecule has 2 aromatic rings. The van der Waals surface area contributed by atoms with Gasteiger partial charge in [0.25, 0.3) is 5.91 Å². The van der Waals surface area contributed by atoms with Crippen molar-refractivity contribution in [3.8, 4) is 5.75 Å². The van der Waals surface area contributed by atoms with Gasteiger partial charge in [0, 0.05) is 17.3 Å². The molecule has 1 N–H and O–H groups in total. The molecule has 0 bridgehead atoms. The molecule has 0 aliphatic carbocycles. The van der Waals surface area contributed by atoms with E-state index in [1.54, 1.807) is 43.3 Å². The van der Waals surface area contributed by atoms with Crippen molar-refractivity contribution in [3.05, 3.63) is 52.5 Å². The minimum atomic E-state index is -3.35. The summed E-state index contributed by atoms with van der Waals surface area (Å²) in [5, 5.41) is 3.20. The van der Waals surface area contributed by atoms with Crippen molar-refractivity contribution in [3.63, 3.8) is 0 Å². The Bertz CT molecular complexity index is 991. The highest BCUT2D eigenvalue weighted by Crippen LogP contribution is 2.35. The Balaban J connectivity index is 1.84. The molecule has 1 aliphatic rings. The SMILES string of the molecule is CCS(=O)(=O)N1c2ccc(C(=O)Nc3ccc(OC)c(Cl)c3)cc2C[C@@H]1C. The van der Waals surface area contributed by atoms with Gasteiger partial charge in [-0.3, -0.25) is 9.10 Å². The number of hydrogen-bond acceptors (Lipinski definition) is 4. The highest BCUT2D eigenvalue weighted by Gasteiger charge is 2.34. The zero-order valence-electron chi connectivity index (χ0n) is 15.3. The van der Waals surface area contributed by atoms with Gasteiger partial charge in [0.1, 0.15) is 5.75 Å². The van der Waals surface area contributed by atoms with Gasteiger partial charge in [-0.05, 0) is 62.2 Å². The van der Waals surface area contributed by atoms with Gasteiger partial charge < -0.3 is 10.1 Å². The number of anilines is 2. The van der Waals surface area contributed by atoms with E-state index in [4.69, 9.17) is 16.3 Å². The Hall–Kier alpha value is -2.25. The van der Waals surface area contributed by atoms with Crippen LogP contribution in [0.2, 0.25) is 5.02 Å². The van der Waals surface area contributed by atoms with Crippen molar-refractivity contribution >= 4 is 38.9 Å². The third-order valence-electron chi connectivity index (χ3n) is 4.57. The quantitative estimate of drug-likeness (QED) is 0.818. The summed E-state index contributed by atoms with van der Waals surface area (Å²) >= 11 is 6.09. The van der Waals surface area contributed by atoms with Crippen LogP contribution < -0.4 is 14.4 Å². The Labute approximate surface area is 164 Å². The first-order valence-corrected chi connectivity index (χ1v) is 10.6. The molecule has 8 heteroatoms. The second-order valence-corrected chi connectivity index (χ2v) is 8.94. The Kier molecular flexibility index (Phi) is 5.35. The highest BCUT2D eigenvalue weighted by atomic mass is 35.5. The third-order valence-corrected chi connectivity index (χ3v) is 6.75. The minimum absolute atomic E-state index is 0.0389. The number of carbonyl (C=O) groups is 1. The molecule has 0 aromatic heterocycles. The van der Waals surface area contributed by atoms with E-state index in [-0.39, 0.29) is 17.7 Å². The van der Waals surface area contributed by atoms with Gasteiger partial charge in [-0.1, -0.05) is 11.6 Å². The summed E-state index contributed by atoms with van der Waals surface area (Å²) in [4.78, 5) is 12.6. The second kappa shape index (κ2) is 7.40. The third kappa shape index (κ3) is 3.75. The summed E-state index contributed by atoms with van der Waals surface area (Å²) in [6.07, 6.45) is 0.573. The fourth-order valence-corrected chi connectivity index (χ4v) is 4.89. The van der Waals surface area contributed by atoms with Crippen molar-refractivity contribution in [2.45, 2.75) is 26.3 Å². The molecule has 0 fully saturated rings. The number of carbonyl (C=O) groups excluding carboxylic acids is 1. The largest absolute Gasteiger partial charge is 0.495 e. The Morgan fingerprint density at radius 1 is 1.30 bits per heavy atom. The zero-order valence-corrected chi connectivity index (χ0v) is 16.9. The smallest absolute Gasteiger partial charge is 0.255 e. The summed E-state index contributed by atoms with van der Waals surface area (Å²) in [6, 6.07) is 9.91. The topological polar surface area (TPSA) is 75.7 Å². The van der Waals surface area contributed by atoms with Crippen LogP contribution in [0.1, 0.15) is 29.8 Å². The summed E-state index contributed by atoms with van der Waals surface area (Å²) < 4.78 is 31.2. The van der Waals surface area contributed by atoms with E-state index in [1.165, 1.54) is 11.4 Å². The molecule has 0 saturated carbocycles. The lowest BCUT2D eigenvalue weighted by molar-refractivity contribution is 0.102. The van der Waals surface area contributed by atoms with Crippen LogP contribution in [0.25, 0.3) is 0 Å². The van der Waals surface area contributed by atoms with E-state index in [0.717, 1.165) is 5.56 Å². The van der Waals surface area contributed by atoms with E-state index < -0.39 is 10.0 Å². The number of nitrogens with one attached hydrogen (secondary N) is 1. The lowest BCUT2D eigenvalue weighted by atomic mass is 10.1. The number of sulfonamides is 1. The molecule has 3 rings (SSSR count). The number of nitrogens with zero attached hydrogens (tertiary/aromatic N) is 1. The van der Waals surface area contributed by atoms with Gasteiger partial charge in [-0.25, -0.2) is 8.42 Å². The molecular weight excluding hydrogens is 388 g/mol. The first-order chi connectivity index (χ1) is 12.8. The number of amides is 1. The molecular formula is C19H21ClN2O4S. The highest BCUT2D eigenvalue weighted by molar-refractivity contribution is 7.92. The molecule has 1 atom stereocenters. The van der Waals surface area contributed by atoms with Crippen LogP contribution in [0, 0.1) is 0 Å². The van der Waals surface area contributed by atoms with Crippen molar-refractivity contribution < 1.29 is 17.9 Å². The van der Waals surface area contributed by atoms with Crippen LogP contribution >= 0.6 is 11.6 Å². The van der Waals surface area contributed by atoms with Gasteiger partial charge in [0.05, 0.1) is 23.6 Å². The van der Waals surface area contributed by atoms with E-state index in [0.29, 0.717) is 34.1 Å². The summed E-state index contributed by atoms with van der Waals surface area (Å²) in [6.45, 7) is 3.49. The second-order valence-electron chi connectivity index (χ2n) is 6.40. The molecule has 27 heavy (non-hydrogen) atoms. The van der Waals surface area contributed by atoms with Gasteiger partial charge in [-0.15, -0.1) is 0 Å². The van der Waals surface area contributed by atoms with Crippen molar-refractivity contribution in [1.82, 2.24) is 0 Å². The van der Waals surface area contributed by atoms with Crippen molar-refractivity contribution in [2.24, 2.45) is 0 Å². The number of benzene rings is 2. The maximum atomic E-state index is 12.6. The van der Waals surface area contributed by atoms with Gasteiger partial charge >= 0.3 is 0 Å². The molecule has 0 saturated heterocycles. The molecule has 0 unspecified atom stereocenters.